The summed E-state index contributed by atoms with van der Waals surface area (Å²) in [7, 11) is 0. The van der Waals surface area contributed by atoms with Gasteiger partial charge in [-0.05, 0) is 47.4 Å². The van der Waals surface area contributed by atoms with E-state index in [0.717, 1.165) is 16.0 Å². The van der Waals surface area contributed by atoms with Crippen molar-refractivity contribution in [2.45, 2.75) is 82.7 Å². The highest BCUT2D eigenvalue weighted by atomic mass is 19.4. The molecular weight excluding hydrogens is 662 g/mol. The Morgan fingerprint density at radius 2 is 1.15 bits per heavy atom. The van der Waals surface area contributed by atoms with E-state index >= 15 is 0 Å². The molecule has 2 aliphatic rings. The van der Waals surface area contributed by atoms with E-state index in [1.165, 1.54) is 52.0 Å². The number of alkyl halides is 14. The average molecular weight is 691 g/mol. The van der Waals surface area contributed by atoms with E-state index in [9.17, 15) is 71.4 Å². The third-order valence-corrected chi connectivity index (χ3v) is 8.23. The molecular formula is C28H28F14N2O2. The molecule has 3 rings (SSSR count). The predicted molar refractivity (Wildman–Crippen MR) is 137 cm³/mol. The Labute approximate surface area is 253 Å². The molecule has 0 saturated carbocycles. The Balaban J connectivity index is 2.04. The largest absolute Gasteiger partial charge is 0.460 e. The number of nitrogens with zero attached hydrogens (tertiary/aromatic N) is 2. The van der Waals surface area contributed by atoms with Crippen LogP contribution in [-0.2, 0) is 4.79 Å². The Morgan fingerprint density at radius 3 is 1.61 bits per heavy atom. The number of carbonyl (C=O) groups is 1. The molecule has 1 N–H and O–H groups in total. The van der Waals surface area contributed by atoms with Crippen molar-refractivity contribution in [2.24, 2.45) is 10.8 Å². The summed E-state index contributed by atoms with van der Waals surface area (Å²) in [6.07, 6.45) is -16.0. The quantitative estimate of drug-likeness (QED) is 0.278. The molecule has 0 spiro atoms. The van der Waals surface area contributed by atoms with Gasteiger partial charge in [0.15, 0.2) is 0 Å². The molecule has 2 heterocycles. The second kappa shape index (κ2) is 11.3. The van der Waals surface area contributed by atoms with Gasteiger partial charge in [-0.3, -0.25) is 4.79 Å². The maximum atomic E-state index is 14.5. The molecule has 0 radical (unpaired) electrons. The minimum Gasteiger partial charge on any atom is -0.382 e. The Bertz CT molecular complexity index is 1390. The molecule has 1 aromatic rings. The highest BCUT2D eigenvalue weighted by Crippen LogP contribution is 2.53. The summed E-state index contributed by atoms with van der Waals surface area (Å²) in [6, 6.07) is 5.13. The van der Waals surface area contributed by atoms with Crippen LogP contribution in [0.15, 0.2) is 47.8 Å². The number of Topliss-reactive ketones (excluding diaryl/α,β-unsaturated/α-hetero) is 1. The van der Waals surface area contributed by atoms with Gasteiger partial charge in [0, 0.05) is 42.4 Å². The van der Waals surface area contributed by atoms with Gasteiger partial charge in [0.1, 0.15) is 6.10 Å². The van der Waals surface area contributed by atoms with Crippen LogP contribution >= 0.6 is 0 Å². The molecule has 1 unspecified atom stereocenters. The third kappa shape index (κ3) is 6.17. The van der Waals surface area contributed by atoms with E-state index in [4.69, 9.17) is 0 Å². The van der Waals surface area contributed by atoms with E-state index in [-0.39, 0.29) is 37.3 Å². The van der Waals surface area contributed by atoms with Crippen LogP contribution in [0.25, 0.3) is 0 Å². The van der Waals surface area contributed by atoms with Gasteiger partial charge in [0.05, 0.1) is 0 Å². The SMILES string of the molecule is CC1(C)CCN(c2cccc(N3C=C(C(O)C(F)(F)C(F)(F)C(F)(F)F)C(C)(C)CC3)c2)C=C1C(=O)C(F)(F)C(F)(F)C(F)(F)F. The lowest BCUT2D eigenvalue weighted by Gasteiger charge is -2.42. The molecule has 260 valence electrons. The fourth-order valence-corrected chi connectivity index (χ4v) is 4.99. The van der Waals surface area contributed by atoms with Crippen LogP contribution < -0.4 is 9.80 Å². The van der Waals surface area contributed by atoms with Gasteiger partial charge in [0.25, 0.3) is 0 Å². The number of ketones is 1. The lowest BCUT2D eigenvalue weighted by molar-refractivity contribution is -0.368. The van der Waals surface area contributed by atoms with Crippen LogP contribution in [0.3, 0.4) is 0 Å². The van der Waals surface area contributed by atoms with Crippen molar-refractivity contribution in [1.29, 1.82) is 0 Å². The minimum absolute atomic E-state index is 0.0264. The highest BCUT2D eigenvalue weighted by molar-refractivity contribution is 6.03. The summed E-state index contributed by atoms with van der Waals surface area (Å²) in [6.45, 7) is 4.68. The normalized spacial score (nSPS) is 20.7. The Morgan fingerprint density at radius 1 is 0.717 bits per heavy atom. The molecule has 1 aromatic carbocycles. The van der Waals surface area contributed by atoms with E-state index in [1.54, 1.807) is 0 Å². The van der Waals surface area contributed by atoms with Gasteiger partial charge in [0.2, 0.25) is 5.78 Å². The molecule has 46 heavy (non-hydrogen) atoms. The predicted octanol–water partition coefficient (Wildman–Crippen LogP) is 8.52. The summed E-state index contributed by atoms with van der Waals surface area (Å²) in [5.74, 6) is -28.2. The van der Waals surface area contributed by atoms with Gasteiger partial charge in [-0.2, -0.15) is 61.5 Å². The Hall–Kier alpha value is -3.05. The molecule has 1 atom stereocenters. The van der Waals surface area contributed by atoms with Crippen molar-refractivity contribution in [2.75, 3.05) is 22.9 Å². The zero-order chi connectivity index (χ0) is 35.7. The maximum absolute atomic E-state index is 14.5. The number of rotatable bonds is 8. The second-order valence-corrected chi connectivity index (χ2v) is 12.4. The zero-order valence-corrected chi connectivity index (χ0v) is 24.4. The van der Waals surface area contributed by atoms with Gasteiger partial charge >= 0.3 is 36.0 Å². The highest BCUT2D eigenvalue weighted by Gasteiger charge is 2.77. The topological polar surface area (TPSA) is 43.8 Å². The van der Waals surface area contributed by atoms with E-state index < -0.39 is 69.9 Å². The van der Waals surface area contributed by atoms with Crippen molar-refractivity contribution in [3.05, 3.63) is 47.8 Å². The van der Waals surface area contributed by atoms with Crippen molar-refractivity contribution in [3.8, 4) is 0 Å². The smallest absolute Gasteiger partial charge is 0.382 e. The summed E-state index contributed by atoms with van der Waals surface area (Å²) in [4.78, 5) is 14.7. The van der Waals surface area contributed by atoms with Crippen LogP contribution in [0.1, 0.15) is 40.5 Å². The minimum atomic E-state index is -6.75. The summed E-state index contributed by atoms with van der Waals surface area (Å²) in [5.41, 5.74) is -4.96. The van der Waals surface area contributed by atoms with Gasteiger partial charge in [-0.25, -0.2) is 0 Å². The molecule has 18 heteroatoms. The van der Waals surface area contributed by atoms with Crippen LogP contribution in [0.5, 0.6) is 0 Å². The first-order chi connectivity index (χ1) is 20.4. The standard InChI is InChI=1S/C28H28F14N2O2/c1-21(2)8-10-43(13-17(21)19(45)23(29,30)25(33,34)27(37,38)39)15-6-5-7-16(12-15)44-11-9-22(3,4)18(14-44)20(46)24(31,32)26(35,36)28(40,41)42/h5-7,12-14,19,45H,8-11H2,1-4H3. The lowest BCUT2D eigenvalue weighted by atomic mass is 9.74. The first-order valence-electron chi connectivity index (χ1n) is 13.4. The number of hydrogen-bond acceptors (Lipinski definition) is 4. The number of aliphatic hydroxyl groups excluding tert-OH is 1. The number of aliphatic hydroxyl groups is 1. The number of allylic oxidation sites excluding steroid dienone is 1. The number of anilines is 2. The van der Waals surface area contributed by atoms with E-state index in [1.807, 2.05) is 0 Å². The fourth-order valence-electron chi connectivity index (χ4n) is 4.99. The molecule has 4 nitrogen and oxygen atoms in total. The monoisotopic (exact) mass is 690 g/mol. The van der Waals surface area contributed by atoms with Crippen molar-refractivity contribution >= 4 is 17.2 Å². The number of halogens is 14. The Kier molecular flexibility index (Phi) is 9.18. The molecule has 0 amide bonds. The summed E-state index contributed by atoms with van der Waals surface area (Å²) >= 11 is 0. The summed E-state index contributed by atoms with van der Waals surface area (Å²) < 4.78 is 189. The zero-order valence-electron chi connectivity index (χ0n) is 24.4. The van der Waals surface area contributed by atoms with Crippen molar-refractivity contribution in [1.82, 2.24) is 0 Å². The maximum Gasteiger partial charge on any atom is 0.460 e. The van der Waals surface area contributed by atoms with Crippen molar-refractivity contribution in [3.63, 3.8) is 0 Å². The molecule has 2 aliphatic heterocycles. The first-order valence-corrected chi connectivity index (χ1v) is 13.4. The molecule has 0 aliphatic carbocycles. The summed E-state index contributed by atoms with van der Waals surface area (Å²) in [5, 5.41) is 10.2. The van der Waals surface area contributed by atoms with E-state index in [0.29, 0.717) is 6.20 Å². The second-order valence-electron chi connectivity index (χ2n) is 12.4. The third-order valence-electron chi connectivity index (χ3n) is 8.23. The average Bonchev–Trinajstić information content (AvgIpc) is 2.90. The molecule has 0 saturated heterocycles. The first kappa shape index (κ1) is 37.4. The van der Waals surface area contributed by atoms with Crippen LogP contribution in [0.2, 0.25) is 0 Å². The van der Waals surface area contributed by atoms with Gasteiger partial charge in [-0.1, -0.05) is 33.8 Å². The van der Waals surface area contributed by atoms with Crippen LogP contribution in [-0.4, -0.2) is 66.1 Å². The molecule has 0 bridgehead atoms. The number of benzene rings is 1. The van der Waals surface area contributed by atoms with Crippen LogP contribution in [0.4, 0.5) is 72.8 Å². The number of carbonyl (C=O) groups excluding carboxylic acids is 1. The lowest BCUT2D eigenvalue weighted by Crippen LogP contribution is -2.59. The van der Waals surface area contributed by atoms with Crippen molar-refractivity contribution < 1.29 is 71.4 Å². The molecule has 0 aromatic heterocycles. The number of hydrogen-bond donors (Lipinski definition) is 1. The molecule has 0 fully saturated rings. The van der Waals surface area contributed by atoms with Gasteiger partial charge in [-0.15, -0.1) is 0 Å². The fraction of sp³-hybridized carbons (Fsp3) is 0.607. The van der Waals surface area contributed by atoms with Crippen LogP contribution in [0, 0.1) is 10.8 Å². The van der Waals surface area contributed by atoms with E-state index in [2.05, 4.69) is 0 Å². The van der Waals surface area contributed by atoms with Gasteiger partial charge < -0.3 is 14.9 Å².